The molecule has 1 N–H and O–H groups in total. The highest BCUT2D eigenvalue weighted by Crippen LogP contribution is 2.15. The van der Waals surface area contributed by atoms with Gasteiger partial charge in [-0.15, -0.1) is 0 Å². The molecular formula is C17H15NO3. The lowest BCUT2D eigenvalue weighted by Gasteiger charge is -1.99. The van der Waals surface area contributed by atoms with Crippen LogP contribution in [-0.2, 0) is 4.79 Å². The normalized spacial score (nSPS) is 11.1. The zero-order chi connectivity index (χ0) is 15.1. The Morgan fingerprint density at radius 1 is 1.05 bits per heavy atom. The summed E-state index contributed by atoms with van der Waals surface area (Å²) in [6, 6.07) is 14.9. The maximum atomic E-state index is 10.4. The molecule has 0 saturated carbocycles. The van der Waals surface area contributed by atoms with Crippen LogP contribution in [-0.4, -0.2) is 24.4 Å². The van der Waals surface area contributed by atoms with Gasteiger partial charge < -0.3 is 9.84 Å². The van der Waals surface area contributed by atoms with Crippen molar-refractivity contribution >= 4 is 23.9 Å². The molecular weight excluding hydrogens is 266 g/mol. The van der Waals surface area contributed by atoms with Crippen LogP contribution in [0.1, 0.15) is 11.1 Å². The van der Waals surface area contributed by atoms with Crippen LogP contribution in [0.15, 0.2) is 59.6 Å². The third-order valence-corrected chi connectivity index (χ3v) is 2.79. The summed E-state index contributed by atoms with van der Waals surface area (Å²) in [4.78, 5) is 14.8. The Morgan fingerprint density at radius 3 is 2.24 bits per heavy atom. The van der Waals surface area contributed by atoms with Gasteiger partial charge in [-0.05, 0) is 53.6 Å². The lowest BCUT2D eigenvalue weighted by atomic mass is 10.2. The molecule has 0 radical (unpaired) electrons. The quantitative estimate of drug-likeness (QED) is 0.673. The van der Waals surface area contributed by atoms with E-state index in [4.69, 9.17) is 9.84 Å². The van der Waals surface area contributed by atoms with Gasteiger partial charge in [0.15, 0.2) is 0 Å². The van der Waals surface area contributed by atoms with Gasteiger partial charge in [-0.1, -0.05) is 12.1 Å². The molecule has 21 heavy (non-hydrogen) atoms. The number of hydrogen-bond donors (Lipinski definition) is 1. The predicted molar refractivity (Wildman–Crippen MR) is 83.4 cm³/mol. The van der Waals surface area contributed by atoms with E-state index >= 15 is 0 Å². The van der Waals surface area contributed by atoms with E-state index in [1.807, 2.05) is 48.5 Å². The second-order valence-corrected chi connectivity index (χ2v) is 4.29. The Bertz CT molecular complexity index is 655. The van der Waals surface area contributed by atoms with Crippen LogP contribution in [0.4, 0.5) is 5.69 Å². The maximum Gasteiger partial charge on any atom is 0.328 e. The highest BCUT2D eigenvalue weighted by atomic mass is 16.5. The Balaban J connectivity index is 2.05. The van der Waals surface area contributed by atoms with E-state index in [9.17, 15) is 4.79 Å². The molecule has 2 aromatic rings. The van der Waals surface area contributed by atoms with Crippen LogP contribution in [0.5, 0.6) is 5.75 Å². The number of rotatable bonds is 5. The first-order chi connectivity index (χ1) is 10.2. The van der Waals surface area contributed by atoms with Crippen LogP contribution < -0.4 is 4.74 Å². The van der Waals surface area contributed by atoms with Gasteiger partial charge in [-0.25, -0.2) is 4.79 Å². The van der Waals surface area contributed by atoms with E-state index < -0.39 is 5.97 Å². The maximum absolute atomic E-state index is 10.4. The number of carbonyl (C=O) groups is 1. The minimum Gasteiger partial charge on any atom is -0.497 e. The summed E-state index contributed by atoms with van der Waals surface area (Å²) in [6.45, 7) is 0. The number of methoxy groups -OCH3 is 1. The zero-order valence-corrected chi connectivity index (χ0v) is 11.6. The molecule has 0 amide bonds. The average Bonchev–Trinajstić information content (AvgIpc) is 2.52. The van der Waals surface area contributed by atoms with Crippen LogP contribution in [0.2, 0.25) is 0 Å². The summed E-state index contributed by atoms with van der Waals surface area (Å²) in [5.74, 6) is -0.154. The lowest BCUT2D eigenvalue weighted by molar-refractivity contribution is -0.131. The van der Waals surface area contributed by atoms with Crippen molar-refractivity contribution < 1.29 is 14.6 Å². The van der Waals surface area contributed by atoms with Gasteiger partial charge in [0.25, 0.3) is 0 Å². The van der Waals surface area contributed by atoms with Crippen molar-refractivity contribution in [2.45, 2.75) is 0 Å². The van der Waals surface area contributed by atoms with Crippen LogP contribution in [0, 0.1) is 0 Å². The van der Waals surface area contributed by atoms with Gasteiger partial charge in [-0.2, -0.15) is 0 Å². The number of nitrogens with zero attached hydrogens (tertiary/aromatic N) is 1. The second kappa shape index (κ2) is 7.05. The summed E-state index contributed by atoms with van der Waals surface area (Å²) in [5.41, 5.74) is 2.60. The SMILES string of the molecule is COc1ccc(C=Nc2ccc(C=CC(=O)O)cc2)cc1. The number of aliphatic carboxylic acids is 1. The van der Waals surface area contributed by atoms with Crippen molar-refractivity contribution in [2.24, 2.45) is 4.99 Å². The summed E-state index contributed by atoms with van der Waals surface area (Å²) in [6.07, 6.45) is 4.41. The summed E-state index contributed by atoms with van der Waals surface area (Å²) in [5, 5.41) is 8.56. The fourth-order valence-electron chi connectivity index (χ4n) is 1.68. The summed E-state index contributed by atoms with van der Waals surface area (Å²) >= 11 is 0. The molecule has 0 atom stereocenters. The molecule has 4 heteroatoms. The molecule has 106 valence electrons. The van der Waals surface area contributed by atoms with E-state index in [-0.39, 0.29) is 0 Å². The fraction of sp³-hybridized carbons (Fsp3) is 0.0588. The largest absolute Gasteiger partial charge is 0.497 e. The van der Waals surface area contributed by atoms with Gasteiger partial charge in [0.2, 0.25) is 0 Å². The number of hydrogen-bond acceptors (Lipinski definition) is 3. The molecule has 0 saturated heterocycles. The predicted octanol–water partition coefficient (Wildman–Crippen LogP) is 3.54. The Labute approximate surface area is 123 Å². The molecule has 0 spiro atoms. The summed E-state index contributed by atoms with van der Waals surface area (Å²) in [7, 11) is 1.63. The molecule has 0 bridgehead atoms. The number of carboxylic acids is 1. The highest BCUT2D eigenvalue weighted by molar-refractivity contribution is 5.85. The number of carboxylic acid groups (broad SMARTS) is 1. The van der Waals surface area contributed by atoms with Crippen molar-refractivity contribution in [1.82, 2.24) is 0 Å². The van der Waals surface area contributed by atoms with Gasteiger partial charge in [-0.3, -0.25) is 4.99 Å². The molecule has 0 aliphatic carbocycles. The fourth-order valence-corrected chi connectivity index (χ4v) is 1.68. The third kappa shape index (κ3) is 4.62. The van der Waals surface area contributed by atoms with Crippen LogP contribution in [0.25, 0.3) is 6.08 Å². The first-order valence-electron chi connectivity index (χ1n) is 6.36. The second-order valence-electron chi connectivity index (χ2n) is 4.29. The summed E-state index contributed by atoms with van der Waals surface area (Å²) < 4.78 is 5.09. The first-order valence-corrected chi connectivity index (χ1v) is 6.36. The zero-order valence-electron chi connectivity index (χ0n) is 11.6. The molecule has 0 heterocycles. The van der Waals surface area contributed by atoms with Gasteiger partial charge >= 0.3 is 5.97 Å². The first kappa shape index (κ1) is 14.5. The smallest absolute Gasteiger partial charge is 0.328 e. The van der Waals surface area contributed by atoms with E-state index in [0.717, 1.165) is 28.6 Å². The number of benzene rings is 2. The molecule has 2 rings (SSSR count). The molecule has 0 unspecified atom stereocenters. The number of aliphatic imine (C=N–C) groups is 1. The van der Waals surface area contributed by atoms with Crippen molar-refractivity contribution in [2.75, 3.05) is 7.11 Å². The monoisotopic (exact) mass is 281 g/mol. The average molecular weight is 281 g/mol. The van der Waals surface area contributed by atoms with Crippen LogP contribution >= 0.6 is 0 Å². The van der Waals surface area contributed by atoms with E-state index in [1.54, 1.807) is 19.4 Å². The highest BCUT2D eigenvalue weighted by Gasteiger charge is 1.93. The topological polar surface area (TPSA) is 58.9 Å². The molecule has 0 aromatic heterocycles. The lowest BCUT2D eigenvalue weighted by Crippen LogP contribution is -1.85. The Kier molecular flexibility index (Phi) is 4.88. The Morgan fingerprint density at radius 2 is 1.67 bits per heavy atom. The van der Waals surface area contributed by atoms with Crippen LogP contribution in [0.3, 0.4) is 0 Å². The molecule has 2 aromatic carbocycles. The third-order valence-electron chi connectivity index (χ3n) is 2.79. The van der Waals surface area contributed by atoms with E-state index in [0.29, 0.717) is 0 Å². The Hall–Kier alpha value is -2.88. The molecule has 0 aliphatic rings. The van der Waals surface area contributed by atoms with Crippen molar-refractivity contribution in [1.29, 1.82) is 0 Å². The molecule has 4 nitrogen and oxygen atoms in total. The minimum atomic E-state index is -0.961. The number of ether oxygens (including phenoxy) is 1. The van der Waals surface area contributed by atoms with Gasteiger partial charge in [0.1, 0.15) is 5.75 Å². The minimum absolute atomic E-state index is 0.804. The standard InChI is InChI=1S/C17H15NO3/c1-21-16-9-4-14(5-10-16)12-18-15-7-2-13(3-8-15)6-11-17(19)20/h2-12H,1H3,(H,19,20). The van der Waals surface area contributed by atoms with Crippen molar-refractivity contribution in [3.8, 4) is 5.75 Å². The van der Waals surface area contributed by atoms with Gasteiger partial charge in [0, 0.05) is 12.3 Å². The van der Waals surface area contributed by atoms with E-state index in [2.05, 4.69) is 4.99 Å². The van der Waals surface area contributed by atoms with Crippen molar-refractivity contribution in [3.63, 3.8) is 0 Å². The molecule has 0 fully saturated rings. The van der Waals surface area contributed by atoms with Gasteiger partial charge in [0.05, 0.1) is 12.8 Å². The van der Waals surface area contributed by atoms with Crippen molar-refractivity contribution in [3.05, 3.63) is 65.7 Å². The molecule has 0 aliphatic heterocycles. The van der Waals surface area contributed by atoms with E-state index in [1.165, 1.54) is 0 Å².